The van der Waals surface area contributed by atoms with Crippen molar-refractivity contribution in [2.24, 2.45) is 22.7 Å². The minimum absolute atomic E-state index is 0.000922. The SMILES string of the molecule is CC(C)(CCC[C@](C)(CC=CC(O[Si](C)(C)C)(C(F)(F)F)C(F)(F)F)C1CCC2C(=O)CCC[C@@]21C)O[Si](C)(C)C. The van der Waals surface area contributed by atoms with Gasteiger partial charge in [0, 0.05) is 12.3 Å². The maximum absolute atomic E-state index is 14.2. The van der Waals surface area contributed by atoms with Gasteiger partial charge in [-0.05, 0) is 121 Å². The molecule has 0 radical (unpaired) electrons. The molecule has 2 unspecified atom stereocenters. The molecular weight excluding hydrogens is 578 g/mol. The van der Waals surface area contributed by atoms with Gasteiger partial charge in [0.25, 0.3) is 5.60 Å². The van der Waals surface area contributed by atoms with E-state index in [4.69, 9.17) is 8.85 Å². The Morgan fingerprint density at radius 3 is 1.90 bits per heavy atom. The van der Waals surface area contributed by atoms with E-state index in [0.717, 1.165) is 38.2 Å². The van der Waals surface area contributed by atoms with E-state index in [2.05, 4.69) is 26.6 Å². The Morgan fingerprint density at radius 2 is 1.41 bits per heavy atom. The van der Waals surface area contributed by atoms with Crippen LogP contribution in [-0.2, 0) is 13.6 Å². The van der Waals surface area contributed by atoms with Crippen LogP contribution in [0.5, 0.6) is 0 Å². The molecule has 0 aromatic heterocycles. The highest BCUT2D eigenvalue weighted by molar-refractivity contribution is 6.70. The molecule has 0 aromatic rings. The third-order valence-electron chi connectivity index (χ3n) is 9.06. The van der Waals surface area contributed by atoms with E-state index in [9.17, 15) is 31.1 Å². The summed E-state index contributed by atoms with van der Waals surface area (Å²) < 4.78 is 96.4. The second kappa shape index (κ2) is 12.0. The lowest BCUT2D eigenvalue weighted by Gasteiger charge is -2.48. The number of halogens is 6. The molecule has 0 amide bonds. The van der Waals surface area contributed by atoms with Crippen LogP contribution in [-0.4, -0.2) is 46.0 Å². The van der Waals surface area contributed by atoms with Crippen LogP contribution in [0.25, 0.3) is 0 Å². The number of hydrogen-bond acceptors (Lipinski definition) is 3. The van der Waals surface area contributed by atoms with Crippen LogP contribution >= 0.6 is 0 Å². The molecule has 0 saturated heterocycles. The third kappa shape index (κ3) is 8.72. The highest BCUT2D eigenvalue weighted by Crippen LogP contribution is 2.62. The summed E-state index contributed by atoms with van der Waals surface area (Å²) in [4.78, 5) is 12.8. The van der Waals surface area contributed by atoms with E-state index in [0.29, 0.717) is 19.3 Å². The summed E-state index contributed by atoms with van der Waals surface area (Å²) in [5.41, 5.74) is -5.67. The molecule has 41 heavy (non-hydrogen) atoms. The molecular formula is C30H52F6O3Si2. The number of hydrogen-bond donors (Lipinski definition) is 0. The first-order valence-electron chi connectivity index (χ1n) is 14.9. The fourth-order valence-corrected chi connectivity index (χ4v) is 10.8. The fraction of sp³-hybridized carbons (Fsp3) is 0.900. The number of alkyl halides is 6. The van der Waals surface area contributed by atoms with Crippen molar-refractivity contribution in [2.45, 2.75) is 148 Å². The summed E-state index contributed by atoms with van der Waals surface area (Å²) in [6.45, 7) is 18.5. The minimum atomic E-state index is -5.67. The van der Waals surface area contributed by atoms with E-state index in [1.165, 1.54) is 19.6 Å². The van der Waals surface area contributed by atoms with Crippen LogP contribution in [0, 0.1) is 22.7 Å². The van der Waals surface area contributed by atoms with Crippen LogP contribution in [0.3, 0.4) is 0 Å². The van der Waals surface area contributed by atoms with Crippen molar-refractivity contribution in [3.8, 4) is 0 Å². The van der Waals surface area contributed by atoms with Gasteiger partial charge < -0.3 is 8.85 Å². The van der Waals surface area contributed by atoms with E-state index in [1.807, 2.05) is 20.8 Å². The van der Waals surface area contributed by atoms with E-state index in [-0.39, 0.29) is 35.5 Å². The average Bonchev–Trinajstić information content (AvgIpc) is 3.07. The van der Waals surface area contributed by atoms with Gasteiger partial charge in [-0.25, -0.2) is 0 Å². The van der Waals surface area contributed by atoms with Gasteiger partial charge in [-0.1, -0.05) is 26.3 Å². The normalized spacial score (nSPS) is 26.9. The molecule has 2 fully saturated rings. The first-order chi connectivity index (χ1) is 18.2. The van der Waals surface area contributed by atoms with Gasteiger partial charge in [0.05, 0.1) is 5.60 Å². The van der Waals surface area contributed by atoms with Gasteiger partial charge in [0.15, 0.2) is 16.6 Å². The predicted molar refractivity (Wildman–Crippen MR) is 157 cm³/mol. The summed E-state index contributed by atoms with van der Waals surface area (Å²) in [7, 11) is -5.10. The molecule has 0 spiro atoms. The lowest BCUT2D eigenvalue weighted by atomic mass is 9.56. The van der Waals surface area contributed by atoms with Crippen molar-refractivity contribution < 1.29 is 40.0 Å². The quantitative estimate of drug-likeness (QED) is 0.122. The molecule has 2 aliphatic carbocycles. The molecule has 4 atom stereocenters. The Kier molecular flexibility index (Phi) is 10.7. The molecule has 0 bridgehead atoms. The number of fused-ring (bicyclic) bond motifs is 1. The second-order valence-electron chi connectivity index (χ2n) is 15.5. The van der Waals surface area contributed by atoms with Crippen molar-refractivity contribution >= 4 is 22.4 Å². The average molecular weight is 631 g/mol. The van der Waals surface area contributed by atoms with Crippen LogP contribution in [0.2, 0.25) is 39.3 Å². The Labute approximate surface area is 245 Å². The molecule has 0 N–H and O–H groups in total. The Morgan fingerprint density at radius 1 is 0.878 bits per heavy atom. The predicted octanol–water partition coefficient (Wildman–Crippen LogP) is 10.2. The van der Waals surface area contributed by atoms with Crippen molar-refractivity contribution in [3.63, 3.8) is 0 Å². The molecule has 0 heterocycles. The third-order valence-corrected chi connectivity index (χ3v) is 11.2. The minimum Gasteiger partial charge on any atom is -0.413 e. The molecule has 2 saturated carbocycles. The van der Waals surface area contributed by atoms with Gasteiger partial charge in [-0.2, -0.15) is 26.3 Å². The van der Waals surface area contributed by atoms with Gasteiger partial charge in [-0.3, -0.25) is 4.79 Å². The molecule has 2 aliphatic rings. The van der Waals surface area contributed by atoms with Crippen LogP contribution in [0.15, 0.2) is 12.2 Å². The molecule has 240 valence electrons. The zero-order chi connectivity index (χ0) is 31.9. The smallest absolute Gasteiger partial charge is 0.413 e. The van der Waals surface area contributed by atoms with Crippen LogP contribution < -0.4 is 0 Å². The maximum atomic E-state index is 14.2. The van der Waals surface area contributed by atoms with Crippen LogP contribution in [0.1, 0.15) is 85.5 Å². The topological polar surface area (TPSA) is 35.5 Å². The number of rotatable bonds is 12. The highest BCUT2D eigenvalue weighted by Gasteiger charge is 2.71. The largest absolute Gasteiger partial charge is 0.429 e. The Bertz CT molecular complexity index is 934. The first-order valence-corrected chi connectivity index (χ1v) is 21.7. The summed E-state index contributed by atoms with van der Waals surface area (Å²) in [6.07, 6.45) is -4.38. The molecule has 0 aromatic carbocycles. The Balaban J connectivity index is 2.48. The number of allylic oxidation sites excluding steroid dienone is 1. The lowest BCUT2D eigenvalue weighted by Crippen LogP contribution is -2.61. The molecule has 0 aliphatic heterocycles. The van der Waals surface area contributed by atoms with Crippen molar-refractivity contribution in [1.82, 2.24) is 0 Å². The number of ketones is 1. The molecule has 2 rings (SSSR count). The standard InChI is InChI=1S/C30H52F6O3Si2/c1-25(2,38-40(5,6)7)17-12-18-26(3,24-16-15-22-23(37)14-11-20-27(22,24)4)19-13-21-28(29(31,32)33,30(34,35)36)39-41(8,9)10/h13,21-22,24H,11-12,14-20H2,1-10H3/t22?,24?,26-,27+/m1/s1. The van der Waals surface area contributed by atoms with Crippen LogP contribution in [0.4, 0.5) is 26.3 Å². The molecule has 11 heteroatoms. The zero-order valence-corrected chi connectivity index (χ0v) is 28.7. The van der Waals surface area contributed by atoms with Gasteiger partial charge in [0.2, 0.25) is 0 Å². The Hall–Kier alpha value is -0.656. The number of carbonyl (C=O) groups is 1. The highest BCUT2D eigenvalue weighted by atomic mass is 28.4. The van der Waals surface area contributed by atoms with E-state index in [1.54, 1.807) is 0 Å². The fourth-order valence-electron chi connectivity index (χ4n) is 7.77. The summed E-state index contributed by atoms with van der Waals surface area (Å²) in [5.74, 6) is 0.135. The monoisotopic (exact) mass is 630 g/mol. The number of Topliss-reactive ketones (excluding diaryl/α,β-unsaturated/α-hetero) is 1. The zero-order valence-electron chi connectivity index (χ0n) is 26.7. The maximum Gasteiger partial charge on any atom is 0.429 e. The van der Waals surface area contributed by atoms with Gasteiger partial charge >= 0.3 is 12.4 Å². The molecule has 3 nitrogen and oxygen atoms in total. The van der Waals surface area contributed by atoms with Gasteiger partial charge in [0.1, 0.15) is 5.78 Å². The van der Waals surface area contributed by atoms with E-state index < -0.39 is 45.6 Å². The summed E-state index contributed by atoms with van der Waals surface area (Å²) in [5, 5.41) is 0. The summed E-state index contributed by atoms with van der Waals surface area (Å²) in [6, 6.07) is 0. The second-order valence-corrected chi connectivity index (χ2v) is 24.4. The van der Waals surface area contributed by atoms with Gasteiger partial charge in [-0.15, -0.1) is 0 Å². The first kappa shape index (κ1) is 36.5. The number of carbonyl (C=O) groups excluding carboxylic acids is 1. The van der Waals surface area contributed by atoms with Crippen molar-refractivity contribution in [3.05, 3.63) is 12.2 Å². The lowest BCUT2D eigenvalue weighted by molar-refractivity contribution is -0.340. The summed E-state index contributed by atoms with van der Waals surface area (Å²) >= 11 is 0. The van der Waals surface area contributed by atoms with E-state index >= 15 is 0 Å². The van der Waals surface area contributed by atoms with Crippen molar-refractivity contribution in [2.75, 3.05) is 0 Å². The van der Waals surface area contributed by atoms with Crippen molar-refractivity contribution in [1.29, 1.82) is 0 Å².